The highest BCUT2D eigenvalue weighted by molar-refractivity contribution is 5.97. The molecule has 140 valence electrons. The molecule has 1 aromatic heterocycles. The first kappa shape index (κ1) is 17.7. The van der Waals surface area contributed by atoms with E-state index >= 15 is 0 Å². The van der Waals surface area contributed by atoms with Crippen molar-refractivity contribution >= 4 is 11.8 Å². The molecule has 4 rings (SSSR count). The minimum atomic E-state index is -0.486. The smallest absolute Gasteiger partial charge is 0.254 e. The predicted octanol–water partition coefficient (Wildman–Crippen LogP) is 3.17. The fourth-order valence-corrected chi connectivity index (χ4v) is 3.25. The van der Waals surface area contributed by atoms with Crippen LogP contribution in [0, 0.1) is 0 Å². The number of hydrogen-bond donors (Lipinski definition) is 1. The molecule has 3 aromatic rings. The average Bonchev–Trinajstić information content (AvgIpc) is 2.72. The third-order valence-electron chi connectivity index (χ3n) is 4.72. The number of pyridine rings is 1. The molecule has 0 spiro atoms. The molecule has 0 unspecified atom stereocenters. The summed E-state index contributed by atoms with van der Waals surface area (Å²) in [6.07, 6.45) is 4.30. The monoisotopic (exact) mass is 373 g/mol. The highest BCUT2D eigenvalue weighted by Crippen LogP contribution is 2.28. The Morgan fingerprint density at radius 3 is 2.61 bits per heavy atom. The van der Waals surface area contributed by atoms with E-state index in [4.69, 9.17) is 10.5 Å². The number of nitrogens with zero attached hydrogens (tertiary/aromatic N) is 2. The number of carbonyl (C=O) groups excluding carboxylic acids is 2. The molecule has 2 aromatic carbocycles. The van der Waals surface area contributed by atoms with E-state index in [1.807, 2.05) is 29.2 Å². The van der Waals surface area contributed by atoms with Gasteiger partial charge in [0.1, 0.15) is 11.5 Å². The van der Waals surface area contributed by atoms with Crippen LogP contribution in [-0.2, 0) is 13.0 Å². The van der Waals surface area contributed by atoms with Crippen LogP contribution in [0.4, 0.5) is 0 Å². The summed E-state index contributed by atoms with van der Waals surface area (Å²) in [5.74, 6) is 0.641. The maximum atomic E-state index is 12.9. The van der Waals surface area contributed by atoms with Crippen LogP contribution in [0.25, 0.3) is 0 Å². The van der Waals surface area contributed by atoms with E-state index in [2.05, 4.69) is 4.98 Å². The van der Waals surface area contributed by atoms with E-state index in [1.54, 1.807) is 42.7 Å². The quantitative estimate of drug-likeness (QED) is 0.744. The highest BCUT2D eigenvalue weighted by atomic mass is 16.5. The maximum absolute atomic E-state index is 12.9. The Hall–Kier alpha value is -3.67. The van der Waals surface area contributed by atoms with Gasteiger partial charge in [-0.15, -0.1) is 0 Å². The number of hydrogen-bond acceptors (Lipinski definition) is 4. The number of rotatable bonds is 5. The number of carbonyl (C=O) groups is 2. The van der Waals surface area contributed by atoms with Crippen LogP contribution >= 0.6 is 0 Å². The van der Waals surface area contributed by atoms with Gasteiger partial charge in [0, 0.05) is 36.6 Å². The predicted molar refractivity (Wildman–Crippen MR) is 104 cm³/mol. The Kier molecular flexibility index (Phi) is 4.76. The van der Waals surface area contributed by atoms with Crippen molar-refractivity contribution < 1.29 is 14.3 Å². The van der Waals surface area contributed by atoms with Crippen LogP contribution in [0.1, 0.15) is 31.8 Å². The van der Waals surface area contributed by atoms with Gasteiger partial charge in [0.15, 0.2) is 0 Å². The van der Waals surface area contributed by atoms with E-state index in [0.717, 1.165) is 17.5 Å². The molecule has 0 fully saturated rings. The first-order chi connectivity index (χ1) is 13.6. The van der Waals surface area contributed by atoms with Crippen LogP contribution in [0.15, 0.2) is 67.0 Å². The number of ether oxygens (including phenoxy) is 1. The number of aromatic nitrogens is 1. The van der Waals surface area contributed by atoms with Gasteiger partial charge in [-0.2, -0.15) is 0 Å². The summed E-state index contributed by atoms with van der Waals surface area (Å²) in [4.78, 5) is 30.0. The summed E-state index contributed by atoms with van der Waals surface area (Å²) in [6, 6.07) is 16.0. The summed E-state index contributed by atoms with van der Waals surface area (Å²) in [7, 11) is 0. The van der Waals surface area contributed by atoms with Crippen molar-refractivity contribution in [3.05, 3.63) is 89.2 Å². The number of fused-ring (bicyclic) bond motifs is 1. The lowest BCUT2D eigenvalue weighted by atomic mass is 9.98. The van der Waals surface area contributed by atoms with Gasteiger partial charge in [-0.25, -0.2) is 0 Å². The number of benzene rings is 2. The summed E-state index contributed by atoms with van der Waals surface area (Å²) < 4.78 is 5.85. The molecule has 2 heterocycles. The van der Waals surface area contributed by atoms with Crippen LogP contribution in [0.5, 0.6) is 11.5 Å². The fourth-order valence-electron chi connectivity index (χ4n) is 3.25. The lowest BCUT2D eigenvalue weighted by Crippen LogP contribution is -2.37. The Balaban J connectivity index is 1.52. The van der Waals surface area contributed by atoms with Gasteiger partial charge >= 0.3 is 0 Å². The molecular weight excluding hydrogens is 354 g/mol. The van der Waals surface area contributed by atoms with Crippen molar-refractivity contribution in [3.8, 4) is 11.5 Å². The zero-order chi connectivity index (χ0) is 19.5. The van der Waals surface area contributed by atoms with Gasteiger partial charge < -0.3 is 15.4 Å². The largest absolute Gasteiger partial charge is 0.457 e. The molecule has 0 radical (unpaired) electrons. The van der Waals surface area contributed by atoms with Crippen LogP contribution < -0.4 is 10.5 Å². The molecule has 1 aliphatic rings. The topological polar surface area (TPSA) is 85.5 Å². The maximum Gasteiger partial charge on any atom is 0.254 e. The Labute approximate surface area is 162 Å². The zero-order valence-electron chi connectivity index (χ0n) is 15.2. The number of nitrogens with two attached hydrogens (primary N) is 1. The first-order valence-electron chi connectivity index (χ1n) is 8.99. The Bertz CT molecular complexity index is 1020. The van der Waals surface area contributed by atoms with Gasteiger partial charge in [-0.3, -0.25) is 14.6 Å². The summed E-state index contributed by atoms with van der Waals surface area (Å²) in [6.45, 7) is 1.21. The molecule has 2 amide bonds. The van der Waals surface area contributed by atoms with Gasteiger partial charge in [0.2, 0.25) is 5.91 Å². The second kappa shape index (κ2) is 7.52. The van der Waals surface area contributed by atoms with Crippen LogP contribution in [-0.4, -0.2) is 28.2 Å². The van der Waals surface area contributed by atoms with E-state index in [-0.39, 0.29) is 5.91 Å². The van der Waals surface area contributed by atoms with Crippen molar-refractivity contribution in [3.63, 3.8) is 0 Å². The SMILES string of the molecule is NC(=O)c1ccc(Oc2ccc3c(c2)C(=O)N(Cc2cccnc2)CC3)cc1. The lowest BCUT2D eigenvalue weighted by molar-refractivity contribution is 0.0726. The van der Waals surface area contributed by atoms with Crippen molar-refractivity contribution in [2.45, 2.75) is 13.0 Å². The molecule has 0 bridgehead atoms. The van der Waals surface area contributed by atoms with E-state index in [1.165, 1.54) is 0 Å². The average molecular weight is 373 g/mol. The van der Waals surface area contributed by atoms with E-state index < -0.39 is 5.91 Å². The van der Waals surface area contributed by atoms with E-state index in [0.29, 0.717) is 35.7 Å². The summed E-state index contributed by atoms with van der Waals surface area (Å²) in [5.41, 5.74) is 8.34. The molecule has 0 atom stereocenters. The van der Waals surface area contributed by atoms with Gasteiger partial charge in [0.05, 0.1) is 0 Å². The Morgan fingerprint density at radius 2 is 1.89 bits per heavy atom. The molecule has 6 nitrogen and oxygen atoms in total. The van der Waals surface area contributed by atoms with Crippen LogP contribution in [0.2, 0.25) is 0 Å². The minimum absolute atomic E-state index is 0.0142. The van der Waals surface area contributed by atoms with Crippen molar-refractivity contribution in [2.24, 2.45) is 5.73 Å². The number of amides is 2. The minimum Gasteiger partial charge on any atom is -0.457 e. The highest BCUT2D eigenvalue weighted by Gasteiger charge is 2.25. The zero-order valence-corrected chi connectivity index (χ0v) is 15.2. The molecule has 6 heteroatoms. The summed E-state index contributed by atoms with van der Waals surface area (Å²) in [5, 5.41) is 0. The first-order valence-corrected chi connectivity index (χ1v) is 8.99. The lowest BCUT2D eigenvalue weighted by Gasteiger charge is -2.28. The molecule has 0 saturated heterocycles. The van der Waals surface area contributed by atoms with Crippen molar-refractivity contribution in [1.29, 1.82) is 0 Å². The second-order valence-electron chi connectivity index (χ2n) is 6.65. The van der Waals surface area contributed by atoms with Crippen molar-refractivity contribution in [2.75, 3.05) is 6.54 Å². The van der Waals surface area contributed by atoms with Gasteiger partial charge in [-0.05, 0) is 60.0 Å². The van der Waals surface area contributed by atoms with Gasteiger partial charge in [-0.1, -0.05) is 12.1 Å². The molecule has 1 aliphatic heterocycles. The molecule has 2 N–H and O–H groups in total. The third-order valence-corrected chi connectivity index (χ3v) is 4.72. The number of primary amides is 1. The second-order valence-corrected chi connectivity index (χ2v) is 6.65. The molecular formula is C22H19N3O3. The van der Waals surface area contributed by atoms with E-state index in [9.17, 15) is 9.59 Å². The molecule has 0 saturated carbocycles. The fraction of sp³-hybridized carbons (Fsp3) is 0.136. The normalized spacial score (nSPS) is 13.1. The standard InChI is InChI=1S/C22H19N3O3/c23-21(26)17-4-6-18(7-5-17)28-19-8-3-16-9-11-25(22(27)20(16)12-19)14-15-2-1-10-24-13-15/h1-8,10,12-13H,9,11,14H2,(H2,23,26). The van der Waals surface area contributed by atoms with Gasteiger partial charge in [0.25, 0.3) is 5.91 Å². The Morgan fingerprint density at radius 1 is 1.11 bits per heavy atom. The molecule has 0 aliphatic carbocycles. The summed E-state index contributed by atoms with van der Waals surface area (Å²) >= 11 is 0. The van der Waals surface area contributed by atoms with Crippen molar-refractivity contribution in [1.82, 2.24) is 9.88 Å². The third kappa shape index (κ3) is 3.71. The van der Waals surface area contributed by atoms with Crippen LogP contribution in [0.3, 0.4) is 0 Å². The molecule has 28 heavy (non-hydrogen) atoms.